The van der Waals surface area contributed by atoms with Crippen molar-refractivity contribution in [1.29, 1.82) is 0 Å². The summed E-state index contributed by atoms with van der Waals surface area (Å²) in [7, 11) is 0. The van der Waals surface area contributed by atoms with Crippen LogP contribution in [0.5, 0.6) is 0 Å². The van der Waals surface area contributed by atoms with Gasteiger partial charge in [-0.15, -0.1) is 0 Å². The fraction of sp³-hybridized carbons (Fsp3) is 0.400. The van der Waals surface area contributed by atoms with Crippen LogP contribution in [0.15, 0.2) is 28.9 Å². The van der Waals surface area contributed by atoms with Gasteiger partial charge in [-0.05, 0) is 37.5 Å². The third-order valence-corrected chi connectivity index (χ3v) is 4.11. The van der Waals surface area contributed by atoms with Gasteiger partial charge in [0.2, 0.25) is 5.91 Å². The molecule has 110 valence electrons. The molecule has 0 aliphatic carbocycles. The van der Waals surface area contributed by atoms with Gasteiger partial charge in [0.1, 0.15) is 11.4 Å². The van der Waals surface area contributed by atoms with E-state index in [-0.39, 0.29) is 18.4 Å². The number of amides is 1. The van der Waals surface area contributed by atoms with E-state index in [0.717, 1.165) is 24.9 Å². The Balaban J connectivity index is 1.77. The highest BCUT2D eigenvalue weighted by molar-refractivity contribution is 6.30. The van der Waals surface area contributed by atoms with Gasteiger partial charge in [-0.3, -0.25) is 4.79 Å². The minimum absolute atomic E-state index is 0.0521. The molecule has 0 radical (unpaired) electrons. The highest BCUT2D eigenvalue weighted by Gasteiger charge is 2.30. The van der Waals surface area contributed by atoms with Crippen molar-refractivity contribution in [2.75, 3.05) is 6.54 Å². The minimum atomic E-state index is 0.0521. The molecule has 0 saturated carbocycles. The van der Waals surface area contributed by atoms with Crippen LogP contribution >= 0.6 is 11.6 Å². The first-order chi connectivity index (χ1) is 10.1. The molecule has 1 unspecified atom stereocenters. The van der Waals surface area contributed by atoms with Gasteiger partial charge < -0.3 is 4.90 Å². The number of halogens is 1. The van der Waals surface area contributed by atoms with Crippen molar-refractivity contribution in [2.45, 2.75) is 32.2 Å². The third kappa shape index (κ3) is 2.93. The molecular weight excluding hydrogens is 290 g/mol. The highest BCUT2D eigenvalue weighted by atomic mass is 35.5. The summed E-state index contributed by atoms with van der Waals surface area (Å²) in [6.45, 7) is 2.55. The predicted molar refractivity (Wildman–Crippen MR) is 77.9 cm³/mol. The summed E-state index contributed by atoms with van der Waals surface area (Å²) in [5.74, 6) is 0.0521. The van der Waals surface area contributed by atoms with Crippen LogP contribution in [0, 0.1) is 6.92 Å². The summed E-state index contributed by atoms with van der Waals surface area (Å²) in [4.78, 5) is 14.4. The lowest BCUT2D eigenvalue weighted by atomic mass is 10.0. The van der Waals surface area contributed by atoms with E-state index in [4.69, 9.17) is 11.6 Å². The van der Waals surface area contributed by atoms with Crippen LogP contribution in [0.1, 0.15) is 35.8 Å². The van der Waals surface area contributed by atoms with Crippen LogP contribution in [-0.4, -0.2) is 27.7 Å². The zero-order valence-electron chi connectivity index (χ0n) is 11.8. The SMILES string of the molecule is Cc1nonc1CC(=O)N1CCCC1c1cccc(Cl)c1. The predicted octanol–water partition coefficient (Wildman–Crippen LogP) is 2.94. The second-order valence-electron chi connectivity index (χ2n) is 5.27. The van der Waals surface area contributed by atoms with Gasteiger partial charge in [-0.25, -0.2) is 4.63 Å². The molecule has 3 rings (SSSR count). The van der Waals surface area contributed by atoms with E-state index in [1.54, 1.807) is 6.92 Å². The van der Waals surface area contributed by atoms with E-state index in [9.17, 15) is 4.79 Å². The molecule has 0 spiro atoms. The molecule has 1 aromatic carbocycles. The van der Waals surface area contributed by atoms with Crippen LogP contribution in [-0.2, 0) is 11.2 Å². The van der Waals surface area contributed by atoms with Gasteiger partial charge in [-0.1, -0.05) is 34.0 Å². The Morgan fingerprint density at radius 1 is 1.48 bits per heavy atom. The van der Waals surface area contributed by atoms with Crippen LogP contribution in [0.25, 0.3) is 0 Å². The number of nitrogens with zero attached hydrogens (tertiary/aromatic N) is 3. The molecule has 1 aliphatic heterocycles. The molecule has 2 heterocycles. The molecule has 6 heteroatoms. The Kier molecular flexibility index (Phi) is 3.92. The summed E-state index contributed by atoms with van der Waals surface area (Å²) >= 11 is 6.05. The normalized spacial score (nSPS) is 18.2. The summed E-state index contributed by atoms with van der Waals surface area (Å²) in [6, 6.07) is 7.81. The lowest BCUT2D eigenvalue weighted by molar-refractivity contribution is -0.131. The van der Waals surface area contributed by atoms with Gasteiger partial charge in [0.05, 0.1) is 12.5 Å². The number of carbonyl (C=O) groups excluding carboxylic acids is 1. The van der Waals surface area contributed by atoms with Gasteiger partial charge in [0.25, 0.3) is 0 Å². The van der Waals surface area contributed by atoms with Crippen molar-refractivity contribution < 1.29 is 9.42 Å². The molecule has 0 bridgehead atoms. The van der Waals surface area contributed by atoms with Crippen molar-refractivity contribution >= 4 is 17.5 Å². The summed E-state index contributed by atoms with van der Waals surface area (Å²) < 4.78 is 4.65. The second kappa shape index (κ2) is 5.85. The number of likely N-dealkylation sites (tertiary alicyclic amines) is 1. The number of rotatable bonds is 3. The number of benzene rings is 1. The molecular formula is C15H16ClN3O2. The van der Waals surface area contributed by atoms with E-state index >= 15 is 0 Å². The average molecular weight is 306 g/mol. The zero-order valence-corrected chi connectivity index (χ0v) is 12.5. The third-order valence-electron chi connectivity index (χ3n) is 3.87. The second-order valence-corrected chi connectivity index (χ2v) is 5.71. The maximum absolute atomic E-state index is 12.5. The molecule has 1 saturated heterocycles. The Morgan fingerprint density at radius 3 is 3.05 bits per heavy atom. The quantitative estimate of drug-likeness (QED) is 0.875. The lowest BCUT2D eigenvalue weighted by Crippen LogP contribution is -2.32. The topological polar surface area (TPSA) is 59.2 Å². The molecule has 1 aromatic heterocycles. The zero-order chi connectivity index (χ0) is 14.8. The summed E-state index contributed by atoms with van der Waals surface area (Å²) in [5, 5.41) is 8.19. The van der Waals surface area contributed by atoms with E-state index < -0.39 is 0 Å². The molecule has 1 fully saturated rings. The van der Waals surface area contributed by atoms with Gasteiger partial charge in [0, 0.05) is 11.6 Å². The molecule has 1 atom stereocenters. The molecule has 21 heavy (non-hydrogen) atoms. The van der Waals surface area contributed by atoms with E-state index in [1.807, 2.05) is 29.2 Å². The standard InChI is InChI=1S/C15H16ClN3O2/c1-10-13(18-21-17-10)9-15(20)19-7-3-6-14(19)11-4-2-5-12(16)8-11/h2,4-5,8,14H,3,6-7,9H2,1H3. The minimum Gasteiger partial charge on any atom is -0.335 e. The van der Waals surface area contributed by atoms with Crippen molar-refractivity contribution in [2.24, 2.45) is 0 Å². The van der Waals surface area contributed by atoms with Gasteiger partial charge in [0.15, 0.2) is 0 Å². The molecule has 5 nitrogen and oxygen atoms in total. The van der Waals surface area contributed by atoms with Crippen LogP contribution < -0.4 is 0 Å². The molecule has 1 amide bonds. The van der Waals surface area contributed by atoms with E-state index in [2.05, 4.69) is 14.9 Å². The lowest BCUT2D eigenvalue weighted by Gasteiger charge is -2.25. The number of carbonyl (C=O) groups is 1. The average Bonchev–Trinajstić information content (AvgIpc) is 3.08. The first-order valence-corrected chi connectivity index (χ1v) is 7.36. The maximum Gasteiger partial charge on any atom is 0.229 e. The van der Waals surface area contributed by atoms with E-state index in [0.29, 0.717) is 16.4 Å². The summed E-state index contributed by atoms with van der Waals surface area (Å²) in [5.41, 5.74) is 2.36. The van der Waals surface area contributed by atoms with Crippen LogP contribution in [0.3, 0.4) is 0 Å². The number of aryl methyl sites for hydroxylation is 1. The maximum atomic E-state index is 12.5. The number of hydrogen-bond donors (Lipinski definition) is 0. The van der Waals surface area contributed by atoms with Gasteiger partial charge in [-0.2, -0.15) is 0 Å². The monoisotopic (exact) mass is 305 g/mol. The van der Waals surface area contributed by atoms with Crippen LogP contribution in [0.4, 0.5) is 0 Å². The first kappa shape index (κ1) is 14.1. The first-order valence-electron chi connectivity index (χ1n) is 6.98. The van der Waals surface area contributed by atoms with Crippen molar-refractivity contribution in [3.05, 3.63) is 46.2 Å². The fourth-order valence-corrected chi connectivity index (χ4v) is 2.98. The Morgan fingerprint density at radius 2 is 2.33 bits per heavy atom. The summed E-state index contributed by atoms with van der Waals surface area (Å²) in [6.07, 6.45) is 2.19. The Bertz CT molecular complexity index is 656. The largest absolute Gasteiger partial charge is 0.335 e. The van der Waals surface area contributed by atoms with Crippen molar-refractivity contribution in [3.63, 3.8) is 0 Å². The Labute approximate surface area is 127 Å². The molecule has 1 aliphatic rings. The Hall–Kier alpha value is -1.88. The smallest absolute Gasteiger partial charge is 0.229 e. The van der Waals surface area contributed by atoms with E-state index in [1.165, 1.54) is 0 Å². The fourth-order valence-electron chi connectivity index (χ4n) is 2.78. The van der Waals surface area contributed by atoms with Crippen molar-refractivity contribution in [1.82, 2.24) is 15.2 Å². The van der Waals surface area contributed by atoms with Crippen molar-refractivity contribution in [3.8, 4) is 0 Å². The molecule has 2 aromatic rings. The number of hydrogen-bond acceptors (Lipinski definition) is 4. The van der Waals surface area contributed by atoms with Gasteiger partial charge >= 0.3 is 0 Å². The highest BCUT2D eigenvalue weighted by Crippen LogP contribution is 2.33. The number of aromatic nitrogens is 2. The molecule has 0 N–H and O–H groups in total. The van der Waals surface area contributed by atoms with Crippen LogP contribution in [0.2, 0.25) is 5.02 Å².